The van der Waals surface area contributed by atoms with Crippen LogP contribution in [0.4, 0.5) is 0 Å². The standard InChI is InChI=1S/C21H26ClN3O2/c22-19-13-17(14-20-21(19)27-12-11-26-20)3-8-24-18-4-9-25(10-5-18)15-16-1-6-23-7-2-16/h1-2,6-7,13-14,18,24H,3-5,8-12,15H2. The quantitative estimate of drug-likeness (QED) is 0.824. The molecule has 144 valence electrons. The van der Waals surface area contributed by atoms with Crippen molar-refractivity contribution in [2.24, 2.45) is 0 Å². The van der Waals surface area contributed by atoms with Crippen molar-refractivity contribution in [1.29, 1.82) is 0 Å². The van der Waals surface area contributed by atoms with Gasteiger partial charge in [-0.05, 0) is 74.3 Å². The average Bonchev–Trinajstić information content (AvgIpc) is 2.70. The van der Waals surface area contributed by atoms with Crippen LogP contribution in [0.25, 0.3) is 0 Å². The second-order valence-electron chi connectivity index (χ2n) is 7.21. The van der Waals surface area contributed by atoms with Crippen molar-refractivity contribution in [2.45, 2.75) is 31.8 Å². The number of piperidine rings is 1. The van der Waals surface area contributed by atoms with E-state index >= 15 is 0 Å². The number of benzene rings is 1. The number of fused-ring (bicyclic) bond motifs is 1. The predicted molar refractivity (Wildman–Crippen MR) is 107 cm³/mol. The van der Waals surface area contributed by atoms with Gasteiger partial charge in [0.1, 0.15) is 13.2 Å². The summed E-state index contributed by atoms with van der Waals surface area (Å²) in [4.78, 5) is 6.61. The molecular weight excluding hydrogens is 362 g/mol. The Morgan fingerprint density at radius 1 is 1.07 bits per heavy atom. The van der Waals surface area contributed by atoms with Gasteiger partial charge in [-0.1, -0.05) is 11.6 Å². The van der Waals surface area contributed by atoms with Gasteiger partial charge in [0.15, 0.2) is 11.5 Å². The summed E-state index contributed by atoms with van der Waals surface area (Å²) in [5, 5.41) is 4.35. The number of ether oxygens (including phenoxy) is 2. The fourth-order valence-electron chi connectivity index (χ4n) is 3.77. The Morgan fingerprint density at radius 3 is 2.67 bits per heavy atom. The molecule has 1 fully saturated rings. The molecule has 0 spiro atoms. The van der Waals surface area contributed by atoms with Crippen LogP contribution in [0, 0.1) is 0 Å². The van der Waals surface area contributed by atoms with Gasteiger partial charge in [0.05, 0.1) is 5.02 Å². The summed E-state index contributed by atoms with van der Waals surface area (Å²) in [5.41, 5.74) is 2.53. The first-order valence-electron chi connectivity index (χ1n) is 9.70. The van der Waals surface area contributed by atoms with E-state index in [1.54, 1.807) is 0 Å². The minimum atomic E-state index is 0.563. The van der Waals surface area contributed by atoms with Gasteiger partial charge in [0.25, 0.3) is 0 Å². The van der Waals surface area contributed by atoms with Crippen LogP contribution in [0.1, 0.15) is 24.0 Å². The molecule has 3 heterocycles. The number of nitrogens with one attached hydrogen (secondary N) is 1. The van der Waals surface area contributed by atoms with E-state index in [1.807, 2.05) is 18.5 Å². The number of pyridine rings is 1. The van der Waals surface area contributed by atoms with Crippen molar-refractivity contribution >= 4 is 11.6 Å². The number of hydrogen-bond donors (Lipinski definition) is 1. The Hall–Kier alpha value is -1.82. The van der Waals surface area contributed by atoms with Crippen LogP contribution in [-0.2, 0) is 13.0 Å². The van der Waals surface area contributed by atoms with Crippen molar-refractivity contribution in [3.63, 3.8) is 0 Å². The van der Waals surface area contributed by atoms with Gasteiger partial charge < -0.3 is 14.8 Å². The smallest absolute Gasteiger partial charge is 0.179 e. The zero-order valence-corrected chi connectivity index (χ0v) is 16.3. The fourth-order valence-corrected chi connectivity index (χ4v) is 4.06. The molecule has 5 nitrogen and oxygen atoms in total. The van der Waals surface area contributed by atoms with Crippen molar-refractivity contribution in [1.82, 2.24) is 15.2 Å². The molecule has 0 aliphatic carbocycles. The van der Waals surface area contributed by atoms with Crippen LogP contribution in [0.2, 0.25) is 5.02 Å². The van der Waals surface area contributed by atoms with Crippen LogP contribution in [-0.4, -0.2) is 48.8 Å². The van der Waals surface area contributed by atoms with Crippen LogP contribution in [0.3, 0.4) is 0 Å². The van der Waals surface area contributed by atoms with Crippen LogP contribution < -0.4 is 14.8 Å². The molecule has 0 amide bonds. The van der Waals surface area contributed by atoms with Gasteiger partial charge in [-0.2, -0.15) is 0 Å². The lowest BCUT2D eigenvalue weighted by molar-refractivity contribution is 0.171. The maximum atomic E-state index is 6.32. The monoisotopic (exact) mass is 387 g/mol. The van der Waals surface area contributed by atoms with E-state index in [2.05, 4.69) is 33.4 Å². The topological polar surface area (TPSA) is 46.6 Å². The molecule has 0 radical (unpaired) electrons. The van der Waals surface area contributed by atoms with Gasteiger partial charge in [0, 0.05) is 25.0 Å². The predicted octanol–water partition coefficient (Wildman–Crippen LogP) is 3.30. The maximum Gasteiger partial charge on any atom is 0.179 e. The molecule has 2 aliphatic rings. The first-order valence-corrected chi connectivity index (χ1v) is 10.1. The molecule has 1 aromatic heterocycles. The summed E-state index contributed by atoms with van der Waals surface area (Å²) in [6.45, 7) is 5.39. The fraction of sp³-hybridized carbons (Fsp3) is 0.476. The van der Waals surface area contributed by atoms with E-state index in [4.69, 9.17) is 21.1 Å². The highest BCUT2D eigenvalue weighted by Gasteiger charge is 2.19. The molecule has 27 heavy (non-hydrogen) atoms. The number of nitrogens with zero attached hydrogens (tertiary/aromatic N) is 2. The number of rotatable bonds is 6. The van der Waals surface area contributed by atoms with Crippen LogP contribution in [0.5, 0.6) is 11.5 Å². The van der Waals surface area contributed by atoms with Gasteiger partial charge in [-0.15, -0.1) is 0 Å². The lowest BCUT2D eigenvalue weighted by Gasteiger charge is -2.32. The molecule has 4 rings (SSSR count). The van der Waals surface area contributed by atoms with E-state index in [9.17, 15) is 0 Å². The number of hydrogen-bond acceptors (Lipinski definition) is 5. The molecule has 6 heteroatoms. The summed E-state index contributed by atoms with van der Waals surface area (Å²) in [6, 6.07) is 8.84. The van der Waals surface area contributed by atoms with Crippen molar-refractivity contribution in [3.05, 3.63) is 52.8 Å². The molecule has 0 atom stereocenters. The molecular formula is C21H26ClN3O2. The molecule has 0 unspecified atom stereocenters. The number of aromatic nitrogens is 1. The third-order valence-corrected chi connectivity index (χ3v) is 5.53. The molecule has 0 saturated carbocycles. The van der Waals surface area contributed by atoms with Crippen LogP contribution in [0.15, 0.2) is 36.7 Å². The normalized spacial score (nSPS) is 17.8. The molecule has 1 saturated heterocycles. The van der Waals surface area contributed by atoms with E-state index in [-0.39, 0.29) is 0 Å². The Morgan fingerprint density at radius 2 is 1.85 bits per heavy atom. The second kappa shape index (κ2) is 8.91. The molecule has 2 aliphatic heterocycles. The SMILES string of the molecule is Clc1cc(CCNC2CCN(Cc3ccncc3)CC2)cc2c1OCCO2. The largest absolute Gasteiger partial charge is 0.486 e. The van der Waals surface area contributed by atoms with Crippen molar-refractivity contribution in [2.75, 3.05) is 32.8 Å². The first-order chi connectivity index (χ1) is 13.3. The minimum Gasteiger partial charge on any atom is -0.486 e. The highest BCUT2D eigenvalue weighted by atomic mass is 35.5. The van der Waals surface area contributed by atoms with E-state index in [0.29, 0.717) is 30.0 Å². The third kappa shape index (κ3) is 4.92. The number of likely N-dealkylation sites (tertiary alicyclic amines) is 1. The zero-order valence-electron chi connectivity index (χ0n) is 15.5. The zero-order chi connectivity index (χ0) is 18.5. The molecule has 1 aromatic carbocycles. The van der Waals surface area contributed by atoms with Crippen molar-refractivity contribution < 1.29 is 9.47 Å². The highest BCUT2D eigenvalue weighted by molar-refractivity contribution is 6.32. The van der Waals surface area contributed by atoms with Gasteiger partial charge in [0.2, 0.25) is 0 Å². The van der Waals surface area contributed by atoms with Crippen molar-refractivity contribution in [3.8, 4) is 11.5 Å². The van der Waals surface area contributed by atoms with Crippen LogP contribution >= 0.6 is 11.6 Å². The Kier molecular flexibility index (Phi) is 6.12. The molecule has 1 N–H and O–H groups in total. The van der Waals surface area contributed by atoms with E-state index in [0.717, 1.165) is 38.3 Å². The van der Waals surface area contributed by atoms with E-state index in [1.165, 1.54) is 24.0 Å². The van der Waals surface area contributed by atoms with Gasteiger partial charge in [-0.3, -0.25) is 9.88 Å². The molecule has 2 aromatic rings. The lowest BCUT2D eigenvalue weighted by atomic mass is 10.0. The summed E-state index contributed by atoms with van der Waals surface area (Å²) in [5.74, 6) is 1.45. The maximum absolute atomic E-state index is 6.32. The highest BCUT2D eigenvalue weighted by Crippen LogP contribution is 2.38. The second-order valence-corrected chi connectivity index (χ2v) is 7.62. The van der Waals surface area contributed by atoms with E-state index < -0.39 is 0 Å². The molecule has 0 bridgehead atoms. The number of halogens is 1. The van der Waals surface area contributed by atoms with Gasteiger partial charge >= 0.3 is 0 Å². The summed E-state index contributed by atoms with van der Waals surface area (Å²) in [7, 11) is 0. The summed E-state index contributed by atoms with van der Waals surface area (Å²) >= 11 is 6.32. The lowest BCUT2D eigenvalue weighted by Crippen LogP contribution is -2.42. The third-order valence-electron chi connectivity index (χ3n) is 5.25. The first kappa shape index (κ1) is 18.5. The Balaban J connectivity index is 1.21. The Labute approximate surface area is 165 Å². The van der Waals surface area contributed by atoms with Gasteiger partial charge in [-0.25, -0.2) is 0 Å². The Bertz CT molecular complexity index is 749. The summed E-state index contributed by atoms with van der Waals surface area (Å²) < 4.78 is 11.2. The average molecular weight is 388 g/mol. The minimum absolute atomic E-state index is 0.563. The summed E-state index contributed by atoms with van der Waals surface area (Å²) in [6.07, 6.45) is 7.05.